The van der Waals surface area contributed by atoms with E-state index in [0.29, 0.717) is 0 Å². The SMILES string of the molecule is C1=Cc2cccc(-c3ncccc3N3CCN(c4ccncc4)CC3)c2C1. The lowest BCUT2D eigenvalue weighted by atomic mass is 9.98. The minimum Gasteiger partial charge on any atom is -0.368 e. The topological polar surface area (TPSA) is 32.3 Å². The maximum atomic E-state index is 4.79. The molecule has 0 spiro atoms. The van der Waals surface area contributed by atoms with Gasteiger partial charge >= 0.3 is 0 Å². The fraction of sp³-hybridized carbons (Fsp3) is 0.217. The summed E-state index contributed by atoms with van der Waals surface area (Å²) in [5, 5.41) is 0. The zero-order valence-corrected chi connectivity index (χ0v) is 15.3. The molecule has 2 aliphatic rings. The molecule has 4 heteroatoms. The molecular formula is C23H22N4. The number of fused-ring (bicyclic) bond motifs is 1. The number of rotatable bonds is 3. The molecule has 3 aromatic rings. The van der Waals surface area contributed by atoms with Crippen molar-refractivity contribution in [2.24, 2.45) is 0 Å². The van der Waals surface area contributed by atoms with Crippen LogP contribution in [0.4, 0.5) is 11.4 Å². The number of hydrogen-bond donors (Lipinski definition) is 0. The highest BCUT2D eigenvalue weighted by molar-refractivity contribution is 5.81. The Morgan fingerprint density at radius 3 is 2.44 bits per heavy atom. The zero-order chi connectivity index (χ0) is 18.1. The van der Waals surface area contributed by atoms with Crippen molar-refractivity contribution >= 4 is 17.5 Å². The van der Waals surface area contributed by atoms with Crippen molar-refractivity contribution in [2.75, 3.05) is 36.0 Å². The second kappa shape index (κ2) is 6.88. The highest BCUT2D eigenvalue weighted by Gasteiger charge is 2.22. The van der Waals surface area contributed by atoms with Crippen LogP contribution in [0.15, 0.2) is 67.1 Å². The molecule has 3 heterocycles. The molecule has 1 aromatic carbocycles. The van der Waals surface area contributed by atoms with Crippen molar-refractivity contribution in [3.8, 4) is 11.3 Å². The Morgan fingerprint density at radius 1 is 0.778 bits per heavy atom. The number of hydrogen-bond acceptors (Lipinski definition) is 4. The number of pyridine rings is 2. The monoisotopic (exact) mass is 354 g/mol. The van der Waals surface area contributed by atoms with Crippen molar-refractivity contribution in [3.63, 3.8) is 0 Å². The molecule has 1 fully saturated rings. The molecule has 0 atom stereocenters. The van der Waals surface area contributed by atoms with Gasteiger partial charge in [-0.25, -0.2) is 0 Å². The number of allylic oxidation sites excluding steroid dienone is 1. The third-order valence-electron chi connectivity index (χ3n) is 5.52. The number of nitrogens with zero attached hydrogens (tertiary/aromatic N) is 4. The van der Waals surface area contributed by atoms with E-state index in [9.17, 15) is 0 Å². The second-order valence-electron chi connectivity index (χ2n) is 7.03. The predicted octanol–water partition coefficient (Wildman–Crippen LogP) is 4.04. The highest BCUT2D eigenvalue weighted by atomic mass is 15.3. The summed E-state index contributed by atoms with van der Waals surface area (Å²) in [6.45, 7) is 4.00. The first-order valence-corrected chi connectivity index (χ1v) is 9.54. The van der Waals surface area contributed by atoms with Gasteiger partial charge in [-0.3, -0.25) is 9.97 Å². The Morgan fingerprint density at radius 2 is 1.59 bits per heavy atom. The number of benzene rings is 1. The molecule has 0 N–H and O–H groups in total. The van der Waals surface area contributed by atoms with Gasteiger partial charge in [-0.1, -0.05) is 30.4 Å². The first kappa shape index (κ1) is 16.1. The molecule has 0 radical (unpaired) electrons. The van der Waals surface area contributed by atoms with E-state index < -0.39 is 0 Å². The van der Waals surface area contributed by atoms with Gasteiger partial charge in [0.25, 0.3) is 0 Å². The summed E-state index contributed by atoms with van der Waals surface area (Å²) in [5.74, 6) is 0. The molecule has 1 aliphatic carbocycles. The number of anilines is 2. The van der Waals surface area contributed by atoms with Gasteiger partial charge < -0.3 is 9.80 Å². The van der Waals surface area contributed by atoms with Crippen LogP contribution in [0.1, 0.15) is 11.1 Å². The molecule has 0 unspecified atom stereocenters. The van der Waals surface area contributed by atoms with E-state index in [0.717, 1.165) is 38.3 Å². The molecule has 1 aliphatic heterocycles. The van der Waals surface area contributed by atoms with E-state index in [4.69, 9.17) is 4.98 Å². The number of piperazine rings is 1. The van der Waals surface area contributed by atoms with Gasteiger partial charge in [0.2, 0.25) is 0 Å². The first-order valence-electron chi connectivity index (χ1n) is 9.54. The lowest BCUT2D eigenvalue weighted by Gasteiger charge is -2.38. The minimum absolute atomic E-state index is 0.994. The van der Waals surface area contributed by atoms with Gasteiger partial charge in [0.15, 0.2) is 0 Å². The van der Waals surface area contributed by atoms with Crippen molar-refractivity contribution in [1.29, 1.82) is 0 Å². The van der Waals surface area contributed by atoms with Crippen LogP contribution >= 0.6 is 0 Å². The molecule has 0 amide bonds. The summed E-state index contributed by atoms with van der Waals surface area (Å²) in [5.41, 5.74) is 7.59. The summed E-state index contributed by atoms with van der Waals surface area (Å²) < 4.78 is 0. The summed E-state index contributed by atoms with van der Waals surface area (Å²) in [4.78, 5) is 13.8. The molecular weight excluding hydrogens is 332 g/mol. The Labute approximate surface area is 159 Å². The molecule has 5 rings (SSSR count). The minimum atomic E-state index is 0.994. The van der Waals surface area contributed by atoms with Crippen LogP contribution in [0, 0.1) is 0 Å². The predicted molar refractivity (Wildman–Crippen MR) is 111 cm³/mol. The van der Waals surface area contributed by atoms with Crippen molar-refractivity contribution in [3.05, 3.63) is 78.3 Å². The average molecular weight is 354 g/mol. The number of aromatic nitrogens is 2. The average Bonchev–Trinajstić information content (AvgIpc) is 3.24. The first-order chi connectivity index (χ1) is 13.4. The third-order valence-corrected chi connectivity index (χ3v) is 5.52. The fourth-order valence-electron chi connectivity index (χ4n) is 4.13. The van der Waals surface area contributed by atoms with Crippen molar-refractivity contribution in [2.45, 2.75) is 6.42 Å². The normalized spacial score (nSPS) is 15.9. The van der Waals surface area contributed by atoms with Gasteiger partial charge in [-0.2, -0.15) is 0 Å². The van der Waals surface area contributed by atoms with E-state index in [2.05, 4.69) is 69.4 Å². The summed E-state index contributed by atoms with van der Waals surface area (Å²) in [7, 11) is 0. The van der Waals surface area contributed by atoms with Gasteiger partial charge in [0, 0.05) is 56.0 Å². The van der Waals surface area contributed by atoms with Gasteiger partial charge in [0.1, 0.15) is 0 Å². The molecule has 0 saturated carbocycles. The maximum Gasteiger partial charge on any atom is 0.0938 e. The highest BCUT2D eigenvalue weighted by Crippen LogP contribution is 2.35. The van der Waals surface area contributed by atoms with E-state index in [-0.39, 0.29) is 0 Å². The lowest BCUT2D eigenvalue weighted by molar-refractivity contribution is 0.653. The van der Waals surface area contributed by atoms with Crippen LogP contribution in [0.3, 0.4) is 0 Å². The zero-order valence-electron chi connectivity index (χ0n) is 15.3. The molecule has 4 nitrogen and oxygen atoms in total. The van der Waals surface area contributed by atoms with Gasteiger partial charge in [0.05, 0.1) is 11.4 Å². The van der Waals surface area contributed by atoms with Crippen molar-refractivity contribution < 1.29 is 0 Å². The van der Waals surface area contributed by atoms with Gasteiger partial charge in [-0.05, 0) is 41.8 Å². The van der Waals surface area contributed by atoms with Crippen molar-refractivity contribution in [1.82, 2.24) is 9.97 Å². The standard InChI is InChI=1S/C23H22N4/c1-4-18-5-2-7-21(20(18)6-1)23-22(8-3-11-25-23)27-16-14-26(15-17-27)19-9-12-24-13-10-19/h1-5,7-13H,6,14-17H2. The lowest BCUT2D eigenvalue weighted by Crippen LogP contribution is -2.46. The summed E-state index contributed by atoms with van der Waals surface area (Å²) in [6.07, 6.45) is 11.1. The largest absolute Gasteiger partial charge is 0.368 e. The molecule has 0 bridgehead atoms. The fourth-order valence-corrected chi connectivity index (χ4v) is 4.13. The smallest absolute Gasteiger partial charge is 0.0938 e. The van der Waals surface area contributed by atoms with Crippen LogP contribution in [0.25, 0.3) is 17.3 Å². The Kier molecular flexibility index (Phi) is 4.09. The quantitative estimate of drug-likeness (QED) is 0.711. The Hall–Kier alpha value is -3.14. The van der Waals surface area contributed by atoms with Crippen LogP contribution in [0.2, 0.25) is 0 Å². The van der Waals surface area contributed by atoms with E-state index in [1.165, 1.54) is 28.1 Å². The van der Waals surface area contributed by atoms with Crippen LogP contribution in [-0.4, -0.2) is 36.1 Å². The second-order valence-corrected chi connectivity index (χ2v) is 7.03. The summed E-state index contributed by atoms with van der Waals surface area (Å²) in [6, 6.07) is 15.0. The van der Waals surface area contributed by atoms with E-state index in [1.807, 2.05) is 18.6 Å². The third kappa shape index (κ3) is 2.97. The van der Waals surface area contributed by atoms with E-state index >= 15 is 0 Å². The molecule has 2 aromatic heterocycles. The molecule has 27 heavy (non-hydrogen) atoms. The van der Waals surface area contributed by atoms with Crippen LogP contribution in [-0.2, 0) is 6.42 Å². The Balaban J connectivity index is 1.42. The molecule has 1 saturated heterocycles. The summed E-state index contributed by atoms with van der Waals surface area (Å²) >= 11 is 0. The molecule has 134 valence electrons. The van der Waals surface area contributed by atoms with Crippen LogP contribution < -0.4 is 9.80 Å². The van der Waals surface area contributed by atoms with E-state index in [1.54, 1.807) is 0 Å². The van der Waals surface area contributed by atoms with Gasteiger partial charge in [-0.15, -0.1) is 0 Å². The Bertz CT molecular complexity index is 973. The van der Waals surface area contributed by atoms with Crippen LogP contribution in [0.5, 0.6) is 0 Å². The maximum absolute atomic E-state index is 4.79.